The van der Waals surface area contributed by atoms with Crippen molar-refractivity contribution in [1.29, 1.82) is 0 Å². The first-order valence-electron chi connectivity index (χ1n) is 8.63. The Morgan fingerprint density at radius 2 is 1.71 bits per heavy atom. The molecule has 0 bridgehead atoms. The first-order chi connectivity index (χ1) is 13.1. The van der Waals surface area contributed by atoms with E-state index in [-0.39, 0.29) is 22.2 Å². The zero-order valence-corrected chi connectivity index (χ0v) is 15.7. The molecule has 3 rings (SSSR count). The quantitative estimate of drug-likeness (QED) is 0.497. The van der Waals surface area contributed by atoms with Crippen molar-refractivity contribution in [3.05, 3.63) is 69.3 Å². The molecule has 0 fully saturated rings. The van der Waals surface area contributed by atoms with Gasteiger partial charge in [0.1, 0.15) is 6.54 Å². The molecule has 1 N–H and O–H groups in total. The van der Waals surface area contributed by atoms with Crippen LogP contribution >= 0.6 is 0 Å². The van der Waals surface area contributed by atoms with Crippen molar-refractivity contribution in [2.75, 3.05) is 11.9 Å². The minimum Gasteiger partial charge on any atom is -0.324 e. The number of imide groups is 1. The number of non-ortho nitro benzene ring substituents is 1. The summed E-state index contributed by atoms with van der Waals surface area (Å²) in [4.78, 5) is 48.5. The number of fused-ring (bicyclic) bond motifs is 1. The molecular weight excluding hydrogens is 362 g/mol. The van der Waals surface area contributed by atoms with Crippen LogP contribution in [0.2, 0.25) is 0 Å². The van der Waals surface area contributed by atoms with Crippen LogP contribution in [0.5, 0.6) is 0 Å². The second-order valence-electron chi connectivity index (χ2n) is 7.53. The highest BCUT2D eigenvalue weighted by atomic mass is 16.6. The molecule has 0 aliphatic carbocycles. The minimum absolute atomic E-state index is 0.0542. The number of carbonyl (C=O) groups excluding carboxylic acids is 3. The largest absolute Gasteiger partial charge is 0.324 e. The molecule has 0 atom stereocenters. The van der Waals surface area contributed by atoms with Crippen LogP contribution in [-0.2, 0) is 10.2 Å². The van der Waals surface area contributed by atoms with Gasteiger partial charge in [-0.1, -0.05) is 39.0 Å². The number of nitrogens with zero attached hydrogens (tertiary/aromatic N) is 2. The predicted molar refractivity (Wildman–Crippen MR) is 102 cm³/mol. The summed E-state index contributed by atoms with van der Waals surface area (Å²) in [5.74, 6) is -1.89. The molecule has 144 valence electrons. The molecule has 1 aliphatic rings. The van der Waals surface area contributed by atoms with E-state index in [0.29, 0.717) is 5.69 Å². The smallest absolute Gasteiger partial charge is 0.270 e. The number of para-hydroxylation sites is 1. The van der Waals surface area contributed by atoms with Crippen molar-refractivity contribution in [2.45, 2.75) is 26.2 Å². The van der Waals surface area contributed by atoms with Crippen molar-refractivity contribution in [2.24, 2.45) is 0 Å². The first kappa shape index (κ1) is 19.2. The van der Waals surface area contributed by atoms with Crippen LogP contribution in [0, 0.1) is 10.1 Å². The molecule has 1 aliphatic heterocycles. The lowest BCUT2D eigenvalue weighted by atomic mass is 9.86. The third-order valence-electron chi connectivity index (χ3n) is 4.48. The highest BCUT2D eigenvalue weighted by Gasteiger charge is 2.38. The normalized spacial score (nSPS) is 13.5. The van der Waals surface area contributed by atoms with Crippen molar-refractivity contribution in [1.82, 2.24) is 4.90 Å². The Morgan fingerprint density at radius 3 is 2.36 bits per heavy atom. The molecule has 0 saturated carbocycles. The predicted octanol–water partition coefficient (Wildman–Crippen LogP) is 3.13. The Labute approximate surface area is 161 Å². The summed E-state index contributed by atoms with van der Waals surface area (Å²) < 4.78 is 0. The van der Waals surface area contributed by atoms with Gasteiger partial charge in [-0.05, 0) is 23.1 Å². The van der Waals surface area contributed by atoms with Crippen molar-refractivity contribution >= 4 is 29.1 Å². The number of nitrogens with one attached hydrogen (secondary N) is 1. The standard InChI is InChI=1S/C20H19N3O5/c1-20(2,3)15-6-4-5-7-16(15)21-17(24)11-22-18(25)13-9-8-12(23(27)28)10-14(13)19(22)26/h4-10H,11H2,1-3H3,(H,21,24). The Hall–Kier alpha value is -3.55. The molecule has 28 heavy (non-hydrogen) atoms. The average Bonchev–Trinajstić information content (AvgIpc) is 2.85. The average molecular weight is 381 g/mol. The summed E-state index contributed by atoms with van der Waals surface area (Å²) in [5.41, 5.74) is 1.01. The maximum Gasteiger partial charge on any atom is 0.270 e. The highest BCUT2D eigenvalue weighted by molar-refractivity contribution is 6.23. The summed E-state index contributed by atoms with van der Waals surface area (Å²) in [6.45, 7) is 5.55. The van der Waals surface area contributed by atoms with Crippen LogP contribution in [0.25, 0.3) is 0 Å². The van der Waals surface area contributed by atoms with Crippen molar-refractivity contribution in [3.63, 3.8) is 0 Å². The SMILES string of the molecule is CC(C)(C)c1ccccc1NC(=O)CN1C(=O)c2ccc([N+](=O)[O-])cc2C1=O. The number of nitro groups is 1. The number of anilines is 1. The maximum absolute atomic E-state index is 12.5. The van der Waals surface area contributed by atoms with Gasteiger partial charge in [0.25, 0.3) is 17.5 Å². The van der Waals surface area contributed by atoms with Crippen LogP contribution in [0.4, 0.5) is 11.4 Å². The fraction of sp³-hybridized carbons (Fsp3) is 0.250. The van der Waals surface area contributed by atoms with E-state index < -0.39 is 29.2 Å². The second-order valence-corrected chi connectivity index (χ2v) is 7.53. The summed E-state index contributed by atoms with van der Waals surface area (Å²) in [7, 11) is 0. The van der Waals surface area contributed by atoms with Crippen molar-refractivity contribution in [3.8, 4) is 0 Å². The van der Waals surface area contributed by atoms with Gasteiger partial charge in [-0.15, -0.1) is 0 Å². The van der Waals surface area contributed by atoms with Gasteiger partial charge in [0.05, 0.1) is 16.1 Å². The monoisotopic (exact) mass is 381 g/mol. The molecule has 1 heterocycles. The van der Waals surface area contributed by atoms with Crippen LogP contribution in [0.3, 0.4) is 0 Å². The lowest BCUT2D eigenvalue weighted by molar-refractivity contribution is -0.384. The molecule has 3 amide bonds. The van der Waals surface area contributed by atoms with Gasteiger partial charge in [0.2, 0.25) is 5.91 Å². The molecule has 0 radical (unpaired) electrons. The van der Waals surface area contributed by atoms with Gasteiger partial charge in [-0.2, -0.15) is 0 Å². The zero-order valence-electron chi connectivity index (χ0n) is 15.7. The van der Waals surface area contributed by atoms with E-state index >= 15 is 0 Å². The minimum atomic E-state index is -0.719. The van der Waals surface area contributed by atoms with E-state index in [0.717, 1.165) is 22.6 Å². The fourth-order valence-corrected chi connectivity index (χ4v) is 3.12. The van der Waals surface area contributed by atoms with E-state index in [1.165, 1.54) is 6.07 Å². The van der Waals surface area contributed by atoms with Crippen molar-refractivity contribution < 1.29 is 19.3 Å². The summed E-state index contributed by atoms with van der Waals surface area (Å²) in [6.07, 6.45) is 0. The maximum atomic E-state index is 12.5. The van der Waals surface area contributed by atoms with Crippen LogP contribution in [0.15, 0.2) is 42.5 Å². The van der Waals surface area contributed by atoms with Gasteiger partial charge in [0.15, 0.2) is 0 Å². The Morgan fingerprint density at radius 1 is 1.07 bits per heavy atom. The third-order valence-corrected chi connectivity index (χ3v) is 4.48. The highest BCUT2D eigenvalue weighted by Crippen LogP contribution is 2.30. The Bertz CT molecular complexity index is 1010. The zero-order chi connectivity index (χ0) is 20.6. The van der Waals surface area contributed by atoms with Gasteiger partial charge < -0.3 is 5.32 Å². The lowest BCUT2D eigenvalue weighted by Crippen LogP contribution is -2.37. The molecule has 0 aromatic heterocycles. The van der Waals surface area contributed by atoms with E-state index in [1.54, 1.807) is 12.1 Å². The molecule has 8 nitrogen and oxygen atoms in total. The number of carbonyl (C=O) groups is 3. The summed E-state index contributed by atoms with van der Waals surface area (Å²) in [6, 6.07) is 10.8. The molecule has 0 spiro atoms. The molecule has 0 saturated heterocycles. The Balaban J connectivity index is 1.80. The number of benzene rings is 2. The third kappa shape index (κ3) is 3.48. The molecule has 2 aromatic rings. The van der Waals surface area contributed by atoms with Gasteiger partial charge in [-0.3, -0.25) is 29.4 Å². The summed E-state index contributed by atoms with van der Waals surface area (Å²) in [5, 5.41) is 13.6. The molecular formula is C20H19N3O5. The molecule has 0 unspecified atom stereocenters. The van der Waals surface area contributed by atoms with Gasteiger partial charge >= 0.3 is 0 Å². The molecule has 2 aromatic carbocycles. The molecule has 8 heteroatoms. The number of hydrogen-bond acceptors (Lipinski definition) is 5. The van der Waals surface area contributed by atoms with Gasteiger partial charge in [-0.25, -0.2) is 0 Å². The first-order valence-corrected chi connectivity index (χ1v) is 8.63. The van der Waals surface area contributed by atoms with E-state index in [9.17, 15) is 24.5 Å². The number of nitro benzene ring substituents is 1. The van der Waals surface area contributed by atoms with Crippen LogP contribution < -0.4 is 5.32 Å². The van der Waals surface area contributed by atoms with E-state index in [4.69, 9.17) is 0 Å². The topological polar surface area (TPSA) is 110 Å². The number of amides is 3. The van der Waals surface area contributed by atoms with Crippen LogP contribution in [0.1, 0.15) is 47.1 Å². The fourth-order valence-electron chi connectivity index (χ4n) is 3.12. The van der Waals surface area contributed by atoms with E-state index in [2.05, 4.69) is 5.32 Å². The number of hydrogen-bond donors (Lipinski definition) is 1. The van der Waals surface area contributed by atoms with Gasteiger partial charge in [0, 0.05) is 17.8 Å². The second kappa shape index (κ2) is 6.88. The summed E-state index contributed by atoms with van der Waals surface area (Å²) >= 11 is 0. The van der Waals surface area contributed by atoms with Crippen LogP contribution in [-0.4, -0.2) is 34.1 Å². The van der Waals surface area contributed by atoms with E-state index in [1.807, 2.05) is 32.9 Å². The Kier molecular flexibility index (Phi) is 4.72. The number of rotatable bonds is 4. The lowest BCUT2D eigenvalue weighted by Gasteiger charge is -2.23.